The second kappa shape index (κ2) is 14.2. The van der Waals surface area contributed by atoms with Crippen molar-refractivity contribution >= 4 is 33.6 Å². The van der Waals surface area contributed by atoms with Crippen molar-refractivity contribution in [3.8, 4) is 11.5 Å². The molecular formula is C33H40N2O7. The van der Waals surface area contributed by atoms with E-state index >= 15 is 0 Å². The number of ether oxygens (including phenoxy) is 2. The first kappa shape index (κ1) is 30.9. The first-order valence-corrected chi connectivity index (χ1v) is 14.3. The quantitative estimate of drug-likeness (QED) is 0.192. The number of β-amino-alcohol motifs (C(OH)–C–C–N with tert-alkyl or cyclic N) is 1. The topological polar surface area (TPSA) is 132 Å². The Balaban J connectivity index is 0.000000446. The summed E-state index contributed by atoms with van der Waals surface area (Å²) in [5.41, 5.74) is 3.57. The Labute approximate surface area is 245 Å². The number of aryl methyl sites for hydroxylation is 1. The maximum absolute atomic E-state index is 10.7. The SMILES string of the molecule is COc1ccc2cc([C@H]3CCN(C[C@H](O)COc4cccc5[nH]c(C)cc45)[C@@H](C)C3)ccc2c1.O=C(O)CCC(=O)O. The molecule has 9 nitrogen and oxygen atoms in total. The predicted octanol–water partition coefficient (Wildman–Crippen LogP) is 5.58. The Morgan fingerprint density at radius 3 is 2.43 bits per heavy atom. The number of aliphatic carboxylic acids is 2. The van der Waals surface area contributed by atoms with Crippen LogP contribution in [0.15, 0.2) is 60.7 Å². The lowest BCUT2D eigenvalue weighted by molar-refractivity contribution is -0.143. The Morgan fingerprint density at radius 1 is 1.02 bits per heavy atom. The Bertz CT molecular complexity index is 1500. The van der Waals surface area contributed by atoms with E-state index in [9.17, 15) is 14.7 Å². The number of aromatic amines is 1. The normalized spacial score (nSPS) is 17.8. The molecule has 0 aliphatic carbocycles. The number of carboxylic acids is 2. The Morgan fingerprint density at radius 2 is 1.74 bits per heavy atom. The molecule has 1 aromatic heterocycles. The van der Waals surface area contributed by atoms with Crippen molar-refractivity contribution in [2.75, 3.05) is 26.8 Å². The highest BCUT2D eigenvalue weighted by Crippen LogP contribution is 2.34. The maximum Gasteiger partial charge on any atom is 0.303 e. The molecule has 0 unspecified atom stereocenters. The number of rotatable bonds is 10. The van der Waals surface area contributed by atoms with E-state index < -0.39 is 18.0 Å². The number of hydrogen-bond acceptors (Lipinski definition) is 6. The van der Waals surface area contributed by atoms with E-state index in [4.69, 9.17) is 19.7 Å². The Hall–Kier alpha value is -4.08. The lowest BCUT2D eigenvalue weighted by Crippen LogP contribution is -2.45. The molecule has 1 saturated heterocycles. The van der Waals surface area contributed by atoms with Crippen molar-refractivity contribution in [1.29, 1.82) is 0 Å². The van der Waals surface area contributed by atoms with E-state index in [1.54, 1.807) is 7.11 Å². The van der Waals surface area contributed by atoms with Crippen LogP contribution < -0.4 is 9.47 Å². The zero-order valence-electron chi connectivity index (χ0n) is 24.4. The van der Waals surface area contributed by atoms with Crippen LogP contribution in [0.2, 0.25) is 0 Å². The van der Waals surface area contributed by atoms with E-state index in [-0.39, 0.29) is 12.8 Å². The molecule has 42 heavy (non-hydrogen) atoms. The number of nitrogens with one attached hydrogen (secondary N) is 1. The van der Waals surface area contributed by atoms with Crippen molar-refractivity contribution in [2.24, 2.45) is 0 Å². The van der Waals surface area contributed by atoms with Gasteiger partial charge in [-0.1, -0.05) is 30.3 Å². The number of H-pyrrole nitrogens is 1. The zero-order valence-corrected chi connectivity index (χ0v) is 24.4. The fourth-order valence-corrected chi connectivity index (χ4v) is 5.53. The molecule has 9 heteroatoms. The van der Waals surface area contributed by atoms with Gasteiger partial charge in [-0.2, -0.15) is 0 Å². The molecule has 0 amide bonds. The Kier molecular flexibility index (Phi) is 10.4. The van der Waals surface area contributed by atoms with Crippen molar-refractivity contribution in [3.05, 3.63) is 71.9 Å². The van der Waals surface area contributed by atoms with Gasteiger partial charge in [0.15, 0.2) is 0 Å². The summed E-state index contributed by atoms with van der Waals surface area (Å²) in [6, 6.07) is 21.6. The minimum absolute atomic E-state index is 0.296. The number of piperidine rings is 1. The van der Waals surface area contributed by atoms with E-state index in [0.717, 1.165) is 47.5 Å². The van der Waals surface area contributed by atoms with Crippen LogP contribution in [0.5, 0.6) is 11.5 Å². The van der Waals surface area contributed by atoms with Crippen molar-refractivity contribution in [3.63, 3.8) is 0 Å². The van der Waals surface area contributed by atoms with Gasteiger partial charge in [0.1, 0.15) is 24.2 Å². The molecule has 0 bridgehead atoms. The third-order valence-corrected chi connectivity index (χ3v) is 7.74. The van der Waals surface area contributed by atoms with Crippen LogP contribution in [0.25, 0.3) is 21.7 Å². The molecule has 0 radical (unpaired) electrons. The molecule has 0 spiro atoms. The van der Waals surface area contributed by atoms with Crippen molar-refractivity contribution in [1.82, 2.24) is 9.88 Å². The van der Waals surface area contributed by atoms with Crippen LogP contribution in [0, 0.1) is 6.92 Å². The van der Waals surface area contributed by atoms with Gasteiger partial charge >= 0.3 is 11.9 Å². The predicted molar refractivity (Wildman–Crippen MR) is 163 cm³/mol. The number of likely N-dealkylation sites (tertiary alicyclic amines) is 1. The van der Waals surface area contributed by atoms with Gasteiger partial charge in [0.05, 0.1) is 20.0 Å². The molecule has 2 heterocycles. The van der Waals surface area contributed by atoms with Crippen LogP contribution in [0.3, 0.4) is 0 Å². The highest BCUT2D eigenvalue weighted by molar-refractivity contribution is 5.86. The summed E-state index contributed by atoms with van der Waals surface area (Å²) in [5, 5.41) is 30.0. The summed E-state index contributed by atoms with van der Waals surface area (Å²) in [6.07, 6.45) is 1.08. The molecule has 4 N–H and O–H groups in total. The molecule has 3 aromatic carbocycles. The van der Waals surface area contributed by atoms with E-state index in [1.807, 2.05) is 31.2 Å². The smallest absolute Gasteiger partial charge is 0.303 e. The van der Waals surface area contributed by atoms with Gasteiger partial charge in [0.25, 0.3) is 0 Å². The van der Waals surface area contributed by atoms with Gasteiger partial charge in [-0.15, -0.1) is 0 Å². The molecule has 0 saturated carbocycles. The molecule has 5 rings (SSSR count). The lowest BCUT2D eigenvalue weighted by Gasteiger charge is -2.39. The average Bonchev–Trinajstić information content (AvgIpc) is 3.36. The highest BCUT2D eigenvalue weighted by Gasteiger charge is 2.28. The summed E-state index contributed by atoms with van der Waals surface area (Å²) >= 11 is 0. The molecule has 4 aromatic rings. The number of carboxylic acid groups (broad SMARTS) is 2. The molecular weight excluding hydrogens is 536 g/mol. The summed E-state index contributed by atoms with van der Waals surface area (Å²) in [4.78, 5) is 25.0. The van der Waals surface area contributed by atoms with Crippen LogP contribution in [-0.2, 0) is 9.59 Å². The van der Waals surface area contributed by atoms with Gasteiger partial charge in [-0.3, -0.25) is 14.5 Å². The molecule has 3 atom stereocenters. The van der Waals surface area contributed by atoms with Crippen LogP contribution in [0.1, 0.15) is 49.8 Å². The number of aliphatic hydroxyl groups is 1. The summed E-state index contributed by atoms with van der Waals surface area (Å²) in [5.74, 6) is 0.103. The van der Waals surface area contributed by atoms with Crippen LogP contribution in [0.4, 0.5) is 0 Å². The largest absolute Gasteiger partial charge is 0.497 e. The van der Waals surface area contributed by atoms with Gasteiger partial charge in [-0.05, 0) is 85.8 Å². The zero-order chi connectivity index (χ0) is 30.2. The number of fused-ring (bicyclic) bond motifs is 2. The minimum atomic E-state index is -1.08. The van der Waals surface area contributed by atoms with Gasteiger partial charge in [-0.25, -0.2) is 0 Å². The summed E-state index contributed by atoms with van der Waals surface area (Å²) < 4.78 is 11.4. The molecule has 1 aliphatic rings. The standard InChI is InChI=1S/C29H34N2O3.C4H6O4/c1-19-13-27-28(30-19)5-4-6-29(27)34-18-25(32)17-31-12-11-24(14-20(31)2)21-7-8-23-16-26(33-3)10-9-22(23)15-21;5-3(6)1-2-4(7)8/h4-10,13,15-16,20,24-25,30,32H,11-12,14,17-18H2,1-3H3;1-2H2,(H,5,6)(H,7,8)/t20-,24-,25-;/m0./s1. The molecule has 1 fully saturated rings. The van der Waals surface area contributed by atoms with Gasteiger partial charge in [0, 0.05) is 29.2 Å². The number of benzene rings is 3. The van der Waals surface area contributed by atoms with Crippen LogP contribution in [-0.4, -0.2) is 76.1 Å². The molecule has 224 valence electrons. The lowest BCUT2D eigenvalue weighted by atomic mass is 9.85. The van der Waals surface area contributed by atoms with Crippen molar-refractivity contribution < 1.29 is 34.4 Å². The second-order valence-electron chi connectivity index (χ2n) is 11.0. The minimum Gasteiger partial charge on any atom is -0.497 e. The van der Waals surface area contributed by atoms with Gasteiger partial charge in [0.2, 0.25) is 0 Å². The number of hydrogen-bond donors (Lipinski definition) is 4. The van der Waals surface area contributed by atoms with Crippen LogP contribution >= 0.6 is 0 Å². The number of methoxy groups -OCH3 is 1. The van der Waals surface area contributed by atoms with E-state index in [2.05, 4.69) is 53.2 Å². The third-order valence-electron chi connectivity index (χ3n) is 7.74. The fraction of sp³-hybridized carbons (Fsp3) is 0.394. The van der Waals surface area contributed by atoms with Gasteiger partial charge < -0.3 is 29.8 Å². The third kappa shape index (κ3) is 8.24. The number of carbonyl (C=O) groups is 2. The number of nitrogens with zero attached hydrogens (tertiary/aromatic N) is 1. The van der Waals surface area contributed by atoms with E-state index in [0.29, 0.717) is 25.1 Å². The highest BCUT2D eigenvalue weighted by atomic mass is 16.5. The summed E-state index contributed by atoms with van der Waals surface area (Å²) in [6.45, 7) is 6.22. The first-order chi connectivity index (χ1) is 20.1. The maximum atomic E-state index is 10.7. The average molecular weight is 577 g/mol. The first-order valence-electron chi connectivity index (χ1n) is 14.3. The van der Waals surface area contributed by atoms with Crippen molar-refractivity contribution in [2.45, 2.75) is 57.6 Å². The summed E-state index contributed by atoms with van der Waals surface area (Å²) in [7, 11) is 1.71. The molecule has 1 aliphatic heterocycles. The van der Waals surface area contributed by atoms with E-state index in [1.165, 1.54) is 16.3 Å². The fourth-order valence-electron chi connectivity index (χ4n) is 5.53. The number of aromatic nitrogens is 1. The second-order valence-corrected chi connectivity index (χ2v) is 11.0. The monoisotopic (exact) mass is 576 g/mol. The number of aliphatic hydroxyl groups excluding tert-OH is 1.